The van der Waals surface area contributed by atoms with E-state index in [0.29, 0.717) is 11.1 Å². The average molecular weight is 253 g/mol. The highest BCUT2D eigenvalue weighted by molar-refractivity contribution is 5.83. The Balaban J connectivity index is 2.81. The minimum atomic E-state index is -4.41. The summed E-state index contributed by atoms with van der Waals surface area (Å²) < 4.78 is 38.5. The number of para-hydroxylation sites is 1. The van der Waals surface area contributed by atoms with Crippen LogP contribution in [0.4, 0.5) is 13.2 Å². The largest absolute Gasteiger partial charge is 0.433 e. The van der Waals surface area contributed by atoms with Gasteiger partial charge in [-0.1, -0.05) is 39.0 Å². The van der Waals surface area contributed by atoms with Crippen LogP contribution in [0.2, 0.25) is 0 Å². The number of hydrogen-bond donors (Lipinski definition) is 0. The van der Waals surface area contributed by atoms with Gasteiger partial charge in [0.2, 0.25) is 0 Å². The summed E-state index contributed by atoms with van der Waals surface area (Å²) in [6.45, 7) is 5.69. The van der Waals surface area contributed by atoms with E-state index >= 15 is 0 Å². The zero-order valence-corrected chi connectivity index (χ0v) is 10.5. The molecule has 0 saturated heterocycles. The molecule has 0 N–H and O–H groups in total. The van der Waals surface area contributed by atoms with Crippen molar-refractivity contribution in [2.24, 2.45) is 0 Å². The Kier molecular flexibility index (Phi) is 2.84. The molecule has 0 aliphatic carbocycles. The minimum absolute atomic E-state index is 0.359. The van der Waals surface area contributed by atoms with Gasteiger partial charge >= 0.3 is 6.18 Å². The van der Waals surface area contributed by atoms with Gasteiger partial charge in [0.05, 0.1) is 5.52 Å². The SMILES string of the molecule is CC(C)(C)c1cc(C(F)(F)F)nc2ccccc12. The van der Waals surface area contributed by atoms with Crippen molar-refractivity contribution in [3.05, 3.63) is 41.6 Å². The standard InChI is InChI=1S/C14H14F3N/c1-13(2,3)10-8-12(14(15,16)17)18-11-7-5-4-6-9(10)11/h4-8H,1-3H3. The van der Waals surface area contributed by atoms with E-state index in [1.54, 1.807) is 12.1 Å². The number of halogens is 3. The summed E-state index contributed by atoms with van der Waals surface area (Å²) in [6.07, 6.45) is -4.41. The lowest BCUT2D eigenvalue weighted by atomic mass is 9.84. The Bertz CT molecular complexity index is 580. The molecule has 0 atom stereocenters. The number of rotatable bonds is 0. The Hall–Kier alpha value is -1.58. The normalized spacial score (nSPS) is 13.0. The van der Waals surface area contributed by atoms with Crippen molar-refractivity contribution in [1.82, 2.24) is 4.98 Å². The summed E-state index contributed by atoms with van der Waals surface area (Å²) in [6, 6.07) is 8.08. The number of pyridine rings is 1. The summed E-state index contributed by atoms with van der Waals surface area (Å²) in [4.78, 5) is 3.70. The molecule has 0 bridgehead atoms. The van der Waals surface area contributed by atoms with Gasteiger partial charge in [0.25, 0.3) is 0 Å². The molecule has 4 heteroatoms. The van der Waals surface area contributed by atoms with Crippen LogP contribution >= 0.6 is 0 Å². The van der Waals surface area contributed by atoms with E-state index in [1.807, 2.05) is 32.9 Å². The lowest BCUT2D eigenvalue weighted by Gasteiger charge is -2.22. The molecule has 1 aromatic heterocycles. The first-order valence-corrected chi connectivity index (χ1v) is 5.67. The maximum Gasteiger partial charge on any atom is 0.433 e. The Morgan fingerprint density at radius 2 is 1.61 bits per heavy atom. The van der Waals surface area contributed by atoms with Crippen LogP contribution in [-0.4, -0.2) is 4.98 Å². The van der Waals surface area contributed by atoms with Crippen LogP contribution in [0.25, 0.3) is 10.9 Å². The van der Waals surface area contributed by atoms with Crippen molar-refractivity contribution < 1.29 is 13.2 Å². The van der Waals surface area contributed by atoms with Crippen LogP contribution in [0.5, 0.6) is 0 Å². The minimum Gasteiger partial charge on any atom is -0.243 e. The molecule has 1 aromatic carbocycles. The predicted molar refractivity (Wildman–Crippen MR) is 65.4 cm³/mol. The third-order valence-electron chi connectivity index (χ3n) is 2.81. The highest BCUT2D eigenvalue weighted by Crippen LogP contribution is 2.35. The molecule has 1 heterocycles. The van der Waals surface area contributed by atoms with Crippen molar-refractivity contribution in [3.63, 3.8) is 0 Å². The van der Waals surface area contributed by atoms with Gasteiger partial charge in [-0.3, -0.25) is 0 Å². The van der Waals surface area contributed by atoms with Gasteiger partial charge in [0.15, 0.2) is 0 Å². The Morgan fingerprint density at radius 3 is 2.17 bits per heavy atom. The third kappa shape index (κ3) is 2.33. The fraction of sp³-hybridized carbons (Fsp3) is 0.357. The Morgan fingerprint density at radius 1 is 1.00 bits per heavy atom. The summed E-state index contributed by atoms with van der Waals surface area (Å²) >= 11 is 0. The van der Waals surface area contributed by atoms with E-state index in [-0.39, 0.29) is 5.41 Å². The van der Waals surface area contributed by atoms with Crippen molar-refractivity contribution in [1.29, 1.82) is 0 Å². The number of hydrogen-bond acceptors (Lipinski definition) is 1. The molecule has 2 rings (SSSR count). The monoisotopic (exact) mass is 253 g/mol. The molecule has 0 saturated carbocycles. The maximum absolute atomic E-state index is 12.8. The molecular weight excluding hydrogens is 239 g/mol. The number of benzene rings is 1. The van der Waals surface area contributed by atoms with E-state index in [0.717, 1.165) is 11.5 Å². The zero-order chi connectivity index (χ0) is 13.6. The predicted octanol–water partition coefficient (Wildman–Crippen LogP) is 4.55. The van der Waals surface area contributed by atoms with E-state index in [1.165, 1.54) is 0 Å². The fourth-order valence-electron chi connectivity index (χ4n) is 1.94. The van der Waals surface area contributed by atoms with Crippen LogP contribution < -0.4 is 0 Å². The first-order valence-electron chi connectivity index (χ1n) is 5.67. The second-order valence-corrected chi connectivity index (χ2v) is 5.32. The van der Waals surface area contributed by atoms with Gasteiger partial charge < -0.3 is 0 Å². The first-order chi connectivity index (χ1) is 8.19. The molecule has 96 valence electrons. The average Bonchev–Trinajstić information content (AvgIpc) is 2.25. The Labute approximate surface area is 104 Å². The first kappa shape index (κ1) is 12.9. The molecule has 0 radical (unpaired) electrons. The van der Waals surface area contributed by atoms with Crippen LogP contribution in [0.1, 0.15) is 32.0 Å². The lowest BCUT2D eigenvalue weighted by molar-refractivity contribution is -0.141. The van der Waals surface area contributed by atoms with Crippen LogP contribution in [0.3, 0.4) is 0 Å². The molecule has 0 unspecified atom stereocenters. The molecule has 0 aliphatic heterocycles. The number of nitrogens with zero attached hydrogens (tertiary/aromatic N) is 1. The second-order valence-electron chi connectivity index (χ2n) is 5.32. The van der Waals surface area contributed by atoms with Gasteiger partial charge in [-0.2, -0.15) is 13.2 Å². The van der Waals surface area contributed by atoms with Crippen LogP contribution in [0.15, 0.2) is 30.3 Å². The maximum atomic E-state index is 12.8. The van der Waals surface area contributed by atoms with E-state index in [9.17, 15) is 13.2 Å². The summed E-state index contributed by atoms with van der Waals surface area (Å²) in [5.74, 6) is 0. The van der Waals surface area contributed by atoms with E-state index in [4.69, 9.17) is 0 Å². The number of fused-ring (bicyclic) bond motifs is 1. The molecule has 0 aliphatic rings. The van der Waals surface area contributed by atoms with Gasteiger partial charge in [-0.15, -0.1) is 0 Å². The fourth-order valence-corrected chi connectivity index (χ4v) is 1.94. The summed E-state index contributed by atoms with van der Waals surface area (Å²) in [7, 11) is 0. The van der Waals surface area contributed by atoms with Crippen LogP contribution in [-0.2, 0) is 11.6 Å². The highest BCUT2D eigenvalue weighted by Gasteiger charge is 2.34. The van der Waals surface area contributed by atoms with Crippen molar-refractivity contribution in [3.8, 4) is 0 Å². The second kappa shape index (κ2) is 3.97. The van der Waals surface area contributed by atoms with Gasteiger partial charge in [-0.05, 0) is 23.1 Å². The summed E-state index contributed by atoms with van der Waals surface area (Å²) in [5.41, 5.74) is -0.133. The molecule has 18 heavy (non-hydrogen) atoms. The van der Waals surface area contributed by atoms with Gasteiger partial charge in [0, 0.05) is 5.39 Å². The number of alkyl halides is 3. The highest BCUT2D eigenvalue weighted by atomic mass is 19.4. The lowest BCUT2D eigenvalue weighted by Crippen LogP contribution is -2.16. The zero-order valence-electron chi connectivity index (χ0n) is 10.5. The molecule has 1 nitrogen and oxygen atoms in total. The van der Waals surface area contributed by atoms with Gasteiger partial charge in [-0.25, -0.2) is 4.98 Å². The number of aromatic nitrogens is 1. The van der Waals surface area contributed by atoms with E-state index in [2.05, 4.69) is 4.98 Å². The van der Waals surface area contributed by atoms with Crippen molar-refractivity contribution >= 4 is 10.9 Å². The topological polar surface area (TPSA) is 12.9 Å². The molecule has 0 spiro atoms. The van der Waals surface area contributed by atoms with Crippen molar-refractivity contribution in [2.45, 2.75) is 32.4 Å². The quantitative estimate of drug-likeness (QED) is 0.671. The molecule has 0 fully saturated rings. The smallest absolute Gasteiger partial charge is 0.243 e. The molecular formula is C14H14F3N. The molecule has 2 aromatic rings. The van der Waals surface area contributed by atoms with Crippen molar-refractivity contribution in [2.75, 3.05) is 0 Å². The van der Waals surface area contributed by atoms with Crippen LogP contribution in [0, 0.1) is 0 Å². The summed E-state index contributed by atoms with van der Waals surface area (Å²) in [5, 5.41) is 0.776. The van der Waals surface area contributed by atoms with E-state index < -0.39 is 11.9 Å². The third-order valence-corrected chi connectivity index (χ3v) is 2.81. The molecule has 0 amide bonds. The van der Waals surface area contributed by atoms with Gasteiger partial charge in [0.1, 0.15) is 5.69 Å².